The van der Waals surface area contributed by atoms with Crippen LogP contribution in [-0.4, -0.2) is 30.8 Å². The Hall–Kier alpha value is -2.57. The molecule has 0 bridgehead atoms. The molecule has 0 aromatic heterocycles. The molecule has 1 aliphatic heterocycles. The lowest BCUT2D eigenvalue weighted by molar-refractivity contribution is 0.242. The van der Waals surface area contributed by atoms with E-state index in [1.807, 2.05) is 24.3 Å². The van der Waals surface area contributed by atoms with Gasteiger partial charge in [0.25, 0.3) is 0 Å². The van der Waals surface area contributed by atoms with Crippen LogP contribution >= 0.6 is 23.2 Å². The molecule has 2 amide bonds. The molecule has 0 saturated carbocycles. The van der Waals surface area contributed by atoms with Gasteiger partial charge in [-0.25, -0.2) is 4.79 Å². The number of carbonyl (C=O) groups excluding carboxylic acids is 1. The maximum Gasteiger partial charge on any atom is 0.319 e. The van der Waals surface area contributed by atoms with Crippen LogP contribution in [0.4, 0.5) is 10.5 Å². The smallest absolute Gasteiger partial charge is 0.319 e. The fraction of sp³-hybridized carbons (Fsp3) is 0.269. The van der Waals surface area contributed by atoms with Crippen molar-refractivity contribution in [2.24, 2.45) is 0 Å². The van der Waals surface area contributed by atoms with E-state index in [0.29, 0.717) is 22.3 Å². The Morgan fingerprint density at radius 3 is 2.30 bits per heavy atom. The summed E-state index contributed by atoms with van der Waals surface area (Å²) in [6, 6.07) is 21.1. The van der Waals surface area contributed by atoms with Gasteiger partial charge in [0.1, 0.15) is 0 Å². The van der Waals surface area contributed by atoms with Gasteiger partial charge in [-0.1, -0.05) is 65.7 Å². The molecule has 0 aliphatic carbocycles. The van der Waals surface area contributed by atoms with Gasteiger partial charge in [-0.2, -0.15) is 0 Å². The Morgan fingerprint density at radius 1 is 0.939 bits per heavy atom. The van der Waals surface area contributed by atoms with Crippen molar-refractivity contribution in [2.45, 2.75) is 24.9 Å². The number of carbonyl (C=O) groups is 1. The second-order valence-electron chi connectivity index (χ2n) is 8.43. The summed E-state index contributed by atoms with van der Waals surface area (Å²) in [5, 5.41) is 19.6. The zero-order valence-corrected chi connectivity index (χ0v) is 19.7. The van der Waals surface area contributed by atoms with Crippen molar-refractivity contribution in [1.82, 2.24) is 10.6 Å². The van der Waals surface area contributed by atoms with E-state index < -0.39 is 0 Å². The summed E-state index contributed by atoms with van der Waals surface area (Å²) in [5.41, 5.74) is 4.67. The maximum absolute atomic E-state index is 12.6. The first-order valence-corrected chi connectivity index (χ1v) is 11.8. The van der Waals surface area contributed by atoms with Crippen molar-refractivity contribution in [3.8, 4) is 11.1 Å². The molecule has 4 rings (SSSR count). The third kappa shape index (κ3) is 5.87. The van der Waals surface area contributed by atoms with Gasteiger partial charge in [-0.15, -0.1) is 0 Å². The highest BCUT2D eigenvalue weighted by atomic mass is 35.5. The maximum atomic E-state index is 12.6. The molecule has 7 heteroatoms. The van der Waals surface area contributed by atoms with Crippen molar-refractivity contribution in [3.63, 3.8) is 0 Å². The number of aliphatic hydroxyl groups excluding tert-OH is 1. The second kappa shape index (κ2) is 10.6. The predicted molar refractivity (Wildman–Crippen MR) is 135 cm³/mol. The van der Waals surface area contributed by atoms with Crippen LogP contribution in [0.25, 0.3) is 11.1 Å². The Kier molecular flexibility index (Phi) is 7.56. The van der Waals surface area contributed by atoms with Crippen molar-refractivity contribution >= 4 is 34.9 Å². The van der Waals surface area contributed by atoms with Crippen molar-refractivity contribution in [2.75, 3.05) is 25.0 Å². The number of piperidine rings is 1. The zero-order valence-electron chi connectivity index (χ0n) is 18.2. The number of aliphatic hydroxyl groups is 1. The highest BCUT2D eigenvalue weighted by molar-refractivity contribution is 6.35. The Balaban J connectivity index is 1.49. The highest BCUT2D eigenvalue weighted by Crippen LogP contribution is 2.34. The van der Waals surface area contributed by atoms with E-state index >= 15 is 0 Å². The van der Waals surface area contributed by atoms with E-state index in [-0.39, 0.29) is 18.1 Å². The molecular weight excluding hydrogens is 457 g/mol. The molecule has 0 unspecified atom stereocenters. The van der Waals surface area contributed by atoms with Crippen LogP contribution < -0.4 is 16.0 Å². The summed E-state index contributed by atoms with van der Waals surface area (Å²) in [4.78, 5) is 12.6. The summed E-state index contributed by atoms with van der Waals surface area (Å²) >= 11 is 12.1. The zero-order chi connectivity index (χ0) is 23.3. The normalized spacial score (nSPS) is 15.1. The monoisotopic (exact) mass is 483 g/mol. The lowest BCUT2D eigenvalue weighted by Gasteiger charge is -2.38. The minimum Gasteiger partial charge on any atom is -0.392 e. The second-order valence-corrected chi connectivity index (χ2v) is 9.30. The minimum absolute atomic E-state index is 0.0250. The lowest BCUT2D eigenvalue weighted by Crippen LogP contribution is -2.48. The average molecular weight is 484 g/mol. The van der Waals surface area contributed by atoms with Gasteiger partial charge < -0.3 is 21.1 Å². The number of anilines is 1. The van der Waals surface area contributed by atoms with Crippen LogP contribution in [0.3, 0.4) is 0 Å². The summed E-state index contributed by atoms with van der Waals surface area (Å²) in [5.74, 6) is 0. The fourth-order valence-electron chi connectivity index (χ4n) is 4.39. The van der Waals surface area contributed by atoms with E-state index in [0.717, 1.165) is 42.6 Å². The van der Waals surface area contributed by atoms with Crippen LogP contribution in [0, 0.1) is 0 Å². The van der Waals surface area contributed by atoms with E-state index in [4.69, 9.17) is 23.2 Å². The summed E-state index contributed by atoms with van der Waals surface area (Å²) < 4.78 is 0. The number of hydrogen-bond acceptors (Lipinski definition) is 3. The van der Waals surface area contributed by atoms with Gasteiger partial charge in [0, 0.05) is 27.7 Å². The number of hydrogen-bond donors (Lipinski definition) is 4. The minimum atomic E-state index is -0.288. The third-order valence-corrected chi connectivity index (χ3v) is 6.65. The molecule has 1 fully saturated rings. The first-order valence-electron chi connectivity index (χ1n) is 11.0. The molecule has 1 heterocycles. The van der Waals surface area contributed by atoms with Crippen molar-refractivity contribution in [3.05, 3.63) is 87.9 Å². The van der Waals surface area contributed by atoms with Crippen LogP contribution in [0.15, 0.2) is 66.7 Å². The molecule has 1 saturated heterocycles. The van der Waals surface area contributed by atoms with Crippen molar-refractivity contribution in [1.29, 1.82) is 0 Å². The van der Waals surface area contributed by atoms with Crippen LogP contribution in [0.1, 0.15) is 24.0 Å². The average Bonchev–Trinajstić information content (AvgIpc) is 2.83. The van der Waals surface area contributed by atoms with Gasteiger partial charge in [-0.05, 0) is 72.5 Å². The van der Waals surface area contributed by atoms with E-state index in [1.165, 1.54) is 5.56 Å². The van der Waals surface area contributed by atoms with Gasteiger partial charge in [0.05, 0.1) is 6.61 Å². The Bertz CT molecular complexity index is 1090. The molecule has 1 aliphatic rings. The molecule has 33 heavy (non-hydrogen) atoms. The molecule has 0 spiro atoms. The van der Waals surface area contributed by atoms with Crippen molar-refractivity contribution < 1.29 is 9.90 Å². The molecule has 172 valence electrons. The highest BCUT2D eigenvalue weighted by Gasteiger charge is 2.34. The number of rotatable bonds is 6. The largest absolute Gasteiger partial charge is 0.392 e. The number of amides is 2. The van der Waals surface area contributed by atoms with E-state index in [2.05, 4.69) is 40.2 Å². The predicted octanol–water partition coefficient (Wildman–Crippen LogP) is 5.60. The number of halogens is 2. The van der Waals surface area contributed by atoms with E-state index in [1.54, 1.807) is 18.2 Å². The summed E-state index contributed by atoms with van der Waals surface area (Å²) in [7, 11) is 0. The molecule has 5 nitrogen and oxygen atoms in total. The number of nitrogens with one attached hydrogen (secondary N) is 3. The first kappa shape index (κ1) is 23.6. The SMILES string of the molecule is O=C(NCC1(c2ccc(-c3cccc(CO)c3)cc2)CCNCC1)Nc1cc(Cl)cc(Cl)c1. The van der Waals surface area contributed by atoms with Gasteiger partial charge in [0.15, 0.2) is 0 Å². The first-order chi connectivity index (χ1) is 16.0. The van der Waals surface area contributed by atoms with E-state index in [9.17, 15) is 9.90 Å². The summed E-state index contributed by atoms with van der Waals surface area (Å²) in [6.45, 7) is 2.34. The van der Waals surface area contributed by atoms with Crippen LogP contribution in [0.2, 0.25) is 10.0 Å². The van der Waals surface area contributed by atoms with Gasteiger partial charge in [-0.3, -0.25) is 0 Å². The lowest BCUT2D eigenvalue weighted by atomic mass is 9.73. The Labute approximate surface area is 204 Å². The number of benzene rings is 3. The molecule has 0 atom stereocenters. The molecule has 0 radical (unpaired) electrons. The summed E-state index contributed by atoms with van der Waals surface area (Å²) in [6.07, 6.45) is 1.85. The molecular formula is C26H27Cl2N3O2. The van der Waals surface area contributed by atoms with Gasteiger partial charge in [0.2, 0.25) is 0 Å². The Morgan fingerprint density at radius 2 is 1.64 bits per heavy atom. The number of urea groups is 1. The van der Waals surface area contributed by atoms with Crippen LogP contribution in [-0.2, 0) is 12.0 Å². The molecule has 3 aromatic carbocycles. The standard InChI is InChI=1S/C26H27Cl2N3O2/c27-22-13-23(28)15-24(14-22)31-25(33)30-17-26(8-10-29-11-9-26)21-6-4-19(5-7-21)20-3-1-2-18(12-20)16-32/h1-7,12-15,29,32H,8-11,16-17H2,(H2,30,31,33). The molecule has 4 N–H and O–H groups in total. The van der Waals surface area contributed by atoms with Gasteiger partial charge >= 0.3 is 6.03 Å². The topological polar surface area (TPSA) is 73.4 Å². The van der Waals surface area contributed by atoms with Crippen LogP contribution in [0.5, 0.6) is 0 Å². The molecule has 3 aromatic rings. The quantitative estimate of drug-likeness (QED) is 0.368. The third-order valence-electron chi connectivity index (χ3n) is 6.21. The fourth-order valence-corrected chi connectivity index (χ4v) is 4.92.